The summed E-state index contributed by atoms with van der Waals surface area (Å²) in [7, 11) is 0. The molecule has 2 N–H and O–H groups in total. The van der Waals surface area contributed by atoms with Gasteiger partial charge in [-0.1, -0.05) is 23.9 Å². The average molecular weight is 423 g/mol. The SMILES string of the molecule is CC(NC(=O)CSc1ccc(C(F)(F)F)cn1)c1ccc(NC(=O)C2CC2)cc1. The summed E-state index contributed by atoms with van der Waals surface area (Å²) in [5.74, 6) is -0.0500. The zero-order chi connectivity index (χ0) is 21.0. The third-order valence-electron chi connectivity index (χ3n) is 4.42. The minimum Gasteiger partial charge on any atom is -0.349 e. The summed E-state index contributed by atoms with van der Waals surface area (Å²) in [6, 6.07) is 9.18. The number of carbonyl (C=O) groups excluding carboxylic acids is 2. The summed E-state index contributed by atoms with van der Waals surface area (Å²) in [6.07, 6.45) is -1.80. The fraction of sp³-hybridized carbons (Fsp3) is 0.350. The Bertz CT molecular complexity index is 866. The molecule has 3 rings (SSSR count). The molecule has 154 valence electrons. The number of thioether (sulfide) groups is 1. The van der Waals surface area contributed by atoms with Crippen molar-refractivity contribution in [3.63, 3.8) is 0 Å². The average Bonchev–Trinajstić information content (AvgIpc) is 3.52. The molecule has 1 aliphatic rings. The van der Waals surface area contributed by atoms with Gasteiger partial charge in [-0.3, -0.25) is 9.59 Å². The second-order valence-electron chi connectivity index (χ2n) is 6.85. The number of rotatable bonds is 7. The van der Waals surface area contributed by atoms with Crippen molar-refractivity contribution >= 4 is 29.3 Å². The summed E-state index contributed by atoms with van der Waals surface area (Å²) < 4.78 is 37.6. The van der Waals surface area contributed by atoms with E-state index < -0.39 is 11.7 Å². The van der Waals surface area contributed by atoms with E-state index >= 15 is 0 Å². The zero-order valence-corrected chi connectivity index (χ0v) is 16.4. The Morgan fingerprint density at radius 3 is 2.41 bits per heavy atom. The molecule has 0 spiro atoms. The molecule has 0 radical (unpaired) electrons. The van der Waals surface area contributed by atoms with Crippen LogP contribution in [0.5, 0.6) is 0 Å². The van der Waals surface area contributed by atoms with Crippen LogP contribution in [-0.4, -0.2) is 22.6 Å². The first kappa shape index (κ1) is 21.2. The van der Waals surface area contributed by atoms with Crippen molar-refractivity contribution < 1.29 is 22.8 Å². The predicted octanol–water partition coefficient (Wildman–Crippen LogP) is 4.42. The van der Waals surface area contributed by atoms with Crippen LogP contribution >= 0.6 is 11.8 Å². The van der Waals surface area contributed by atoms with Crippen molar-refractivity contribution in [1.29, 1.82) is 0 Å². The minimum absolute atomic E-state index is 0.0352. The molecular formula is C20H20F3N3O2S. The van der Waals surface area contributed by atoms with E-state index in [1.807, 2.05) is 19.1 Å². The number of halogens is 3. The molecule has 2 aromatic rings. The van der Waals surface area contributed by atoms with Crippen molar-refractivity contribution in [3.05, 3.63) is 53.7 Å². The van der Waals surface area contributed by atoms with Crippen LogP contribution in [0, 0.1) is 5.92 Å². The first-order valence-electron chi connectivity index (χ1n) is 9.08. The molecule has 1 atom stereocenters. The maximum absolute atomic E-state index is 12.5. The molecule has 1 saturated carbocycles. The Hall–Kier alpha value is -2.55. The van der Waals surface area contributed by atoms with E-state index in [9.17, 15) is 22.8 Å². The van der Waals surface area contributed by atoms with E-state index in [0.717, 1.165) is 42.4 Å². The smallest absolute Gasteiger partial charge is 0.349 e. The second kappa shape index (κ2) is 8.86. The molecule has 0 aliphatic heterocycles. The molecular weight excluding hydrogens is 403 g/mol. The molecule has 1 aromatic carbocycles. The number of hydrogen-bond acceptors (Lipinski definition) is 4. The van der Waals surface area contributed by atoms with E-state index in [1.54, 1.807) is 12.1 Å². The Labute approximate surface area is 170 Å². The molecule has 2 amide bonds. The second-order valence-corrected chi connectivity index (χ2v) is 7.84. The maximum Gasteiger partial charge on any atom is 0.417 e. The molecule has 5 nitrogen and oxygen atoms in total. The van der Waals surface area contributed by atoms with Crippen LogP contribution in [0.25, 0.3) is 0 Å². The molecule has 1 heterocycles. The van der Waals surface area contributed by atoms with Crippen molar-refractivity contribution in [2.24, 2.45) is 5.92 Å². The molecule has 9 heteroatoms. The summed E-state index contributed by atoms with van der Waals surface area (Å²) >= 11 is 1.06. The number of nitrogens with zero attached hydrogens (tertiary/aromatic N) is 1. The lowest BCUT2D eigenvalue weighted by Crippen LogP contribution is -2.28. The molecule has 1 unspecified atom stereocenters. The van der Waals surface area contributed by atoms with Crippen LogP contribution in [0.2, 0.25) is 0 Å². The van der Waals surface area contributed by atoms with Gasteiger partial charge < -0.3 is 10.6 Å². The molecule has 0 bridgehead atoms. The standard InChI is InChI=1S/C20H20F3N3O2S/c1-12(13-4-7-16(8-5-13)26-19(28)14-2-3-14)25-17(27)11-29-18-9-6-15(10-24-18)20(21,22)23/h4-10,12,14H,2-3,11H2,1H3,(H,25,27)(H,26,28). The number of amides is 2. The topological polar surface area (TPSA) is 71.1 Å². The maximum atomic E-state index is 12.5. The Kier molecular flexibility index (Phi) is 6.46. The number of nitrogens with one attached hydrogen (secondary N) is 2. The van der Waals surface area contributed by atoms with Gasteiger partial charge in [0.15, 0.2) is 0 Å². The van der Waals surface area contributed by atoms with Crippen molar-refractivity contribution in [3.8, 4) is 0 Å². The normalized spacial score (nSPS) is 14.9. The summed E-state index contributed by atoms with van der Waals surface area (Å²) in [5, 5.41) is 6.04. The minimum atomic E-state index is -4.43. The highest BCUT2D eigenvalue weighted by Gasteiger charge is 2.31. The lowest BCUT2D eigenvalue weighted by molar-refractivity contribution is -0.138. The van der Waals surface area contributed by atoms with Gasteiger partial charge in [0.25, 0.3) is 0 Å². The molecule has 1 fully saturated rings. The Morgan fingerprint density at radius 2 is 1.86 bits per heavy atom. The van der Waals surface area contributed by atoms with Crippen molar-refractivity contribution in [2.45, 2.75) is 37.0 Å². The predicted molar refractivity (Wildman–Crippen MR) is 104 cm³/mol. The van der Waals surface area contributed by atoms with Gasteiger partial charge >= 0.3 is 6.18 Å². The van der Waals surface area contributed by atoms with Gasteiger partial charge in [0.1, 0.15) is 0 Å². The monoisotopic (exact) mass is 423 g/mol. The van der Waals surface area contributed by atoms with E-state index in [4.69, 9.17) is 0 Å². The summed E-state index contributed by atoms with van der Waals surface area (Å²) in [5.41, 5.74) is 0.769. The third-order valence-corrected chi connectivity index (χ3v) is 5.36. The summed E-state index contributed by atoms with van der Waals surface area (Å²) in [6.45, 7) is 1.83. The molecule has 0 saturated heterocycles. The van der Waals surface area contributed by atoms with Gasteiger partial charge in [-0.2, -0.15) is 13.2 Å². The molecule has 1 aliphatic carbocycles. The number of anilines is 1. The van der Waals surface area contributed by atoms with Crippen molar-refractivity contribution in [1.82, 2.24) is 10.3 Å². The highest BCUT2D eigenvalue weighted by molar-refractivity contribution is 7.99. The van der Waals surface area contributed by atoms with Gasteiger partial charge in [-0.15, -0.1) is 0 Å². The van der Waals surface area contributed by atoms with Gasteiger partial charge in [0.05, 0.1) is 22.4 Å². The van der Waals surface area contributed by atoms with Crippen LogP contribution < -0.4 is 10.6 Å². The largest absolute Gasteiger partial charge is 0.417 e. The van der Waals surface area contributed by atoms with Gasteiger partial charge in [-0.05, 0) is 49.6 Å². The number of pyridine rings is 1. The summed E-state index contributed by atoms with van der Waals surface area (Å²) in [4.78, 5) is 27.6. The van der Waals surface area contributed by atoms with Gasteiger partial charge in [0.2, 0.25) is 11.8 Å². The van der Waals surface area contributed by atoms with Crippen LogP contribution in [-0.2, 0) is 15.8 Å². The molecule has 29 heavy (non-hydrogen) atoms. The number of benzene rings is 1. The van der Waals surface area contributed by atoms with E-state index in [1.165, 1.54) is 6.07 Å². The lowest BCUT2D eigenvalue weighted by Gasteiger charge is -2.15. The van der Waals surface area contributed by atoms with E-state index in [0.29, 0.717) is 10.7 Å². The van der Waals surface area contributed by atoms with E-state index in [-0.39, 0.29) is 29.5 Å². The quantitative estimate of drug-likeness (QED) is 0.647. The fourth-order valence-electron chi connectivity index (χ4n) is 2.58. The Balaban J connectivity index is 1.46. The van der Waals surface area contributed by atoms with Crippen LogP contribution in [0.3, 0.4) is 0 Å². The van der Waals surface area contributed by atoms with Gasteiger partial charge in [-0.25, -0.2) is 4.98 Å². The van der Waals surface area contributed by atoms with Crippen molar-refractivity contribution in [2.75, 3.05) is 11.1 Å². The highest BCUT2D eigenvalue weighted by atomic mass is 32.2. The number of carbonyl (C=O) groups is 2. The zero-order valence-electron chi connectivity index (χ0n) is 15.6. The van der Waals surface area contributed by atoms with Gasteiger partial charge in [0, 0.05) is 17.8 Å². The van der Waals surface area contributed by atoms with Crippen LogP contribution in [0.15, 0.2) is 47.6 Å². The molecule has 1 aromatic heterocycles. The number of aromatic nitrogens is 1. The highest BCUT2D eigenvalue weighted by Crippen LogP contribution is 2.31. The lowest BCUT2D eigenvalue weighted by atomic mass is 10.1. The fourth-order valence-corrected chi connectivity index (χ4v) is 3.24. The van der Waals surface area contributed by atoms with Crippen LogP contribution in [0.4, 0.5) is 18.9 Å². The van der Waals surface area contributed by atoms with Crippen LogP contribution in [0.1, 0.15) is 36.9 Å². The number of hydrogen-bond donors (Lipinski definition) is 2. The Morgan fingerprint density at radius 1 is 1.17 bits per heavy atom. The third kappa shape index (κ3) is 6.22. The first-order valence-corrected chi connectivity index (χ1v) is 10.1. The number of alkyl halides is 3. The first-order chi connectivity index (χ1) is 13.7. The van der Waals surface area contributed by atoms with E-state index in [2.05, 4.69) is 15.6 Å².